The molecule has 1 fully saturated rings. The standard InChI is InChI=1S/C14H22N4/c1-10(2)18(8-11-5-6-11)9-12-4-3-7-17-13(12)14(15)16/h3-4,7,10-11H,5-6,8-9H2,1-2H3,(H3,15,16). The molecular weight excluding hydrogens is 224 g/mol. The van der Waals surface area contributed by atoms with Crippen molar-refractivity contribution < 1.29 is 0 Å². The van der Waals surface area contributed by atoms with Gasteiger partial charge in [-0.3, -0.25) is 15.3 Å². The number of aromatic nitrogens is 1. The molecule has 0 unspecified atom stereocenters. The number of nitrogen functional groups attached to an aromatic ring is 1. The van der Waals surface area contributed by atoms with Crippen LogP contribution in [0.4, 0.5) is 0 Å². The average Bonchev–Trinajstić information content (AvgIpc) is 3.12. The highest BCUT2D eigenvalue weighted by atomic mass is 15.1. The van der Waals surface area contributed by atoms with Gasteiger partial charge >= 0.3 is 0 Å². The van der Waals surface area contributed by atoms with Gasteiger partial charge in [-0.1, -0.05) is 6.07 Å². The molecule has 1 aliphatic rings. The molecule has 4 heteroatoms. The van der Waals surface area contributed by atoms with E-state index in [0.717, 1.165) is 24.6 Å². The van der Waals surface area contributed by atoms with Gasteiger partial charge in [0.25, 0.3) is 0 Å². The minimum Gasteiger partial charge on any atom is -0.382 e. The monoisotopic (exact) mass is 246 g/mol. The van der Waals surface area contributed by atoms with Gasteiger partial charge in [0.15, 0.2) is 0 Å². The second-order valence-electron chi connectivity index (χ2n) is 5.39. The van der Waals surface area contributed by atoms with E-state index in [2.05, 4.69) is 23.7 Å². The Morgan fingerprint density at radius 3 is 2.83 bits per heavy atom. The van der Waals surface area contributed by atoms with Crippen LogP contribution in [-0.4, -0.2) is 28.3 Å². The molecule has 18 heavy (non-hydrogen) atoms. The molecular formula is C14H22N4. The summed E-state index contributed by atoms with van der Waals surface area (Å²) in [6.45, 7) is 6.40. The summed E-state index contributed by atoms with van der Waals surface area (Å²) in [5.41, 5.74) is 7.26. The topological polar surface area (TPSA) is 66.0 Å². The molecule has 0 amide bonds. The molecule has 4 nitrogen and oxygen atoms in total. The highest BCUT2D eigenvalue weighted by Crippen LogP contribution is 2.30. The van der Waals surface area contributed by atoms with Crippen molar-refractivity contribution in [2.24, 2.45) is 11.7 Å². The zero-order valence-electron chi connectivity index (χ0n) is 11.2. The van der Waals surface area contributed by atoms with Crippen molar-refractivity contribution in [1.82, 2.24) is 9.88 Å². The summed E-state index contributed by atoms with van der Waals surface area (Å²) < 4.78 is 0. The molecule has 3 N–H and O–H groups in total. The molecule has 1 heterocycles. The second-order valence-corrected chi connectivity index (χ2v) is 5.39. The number of rotatable bonds is 6. The molecule has 1 aliphatic carbocycles. The van der Waals surface area contributed by atoms with E-state index in [4.69, 9.17) is 11.1 Å². The molecule has 0 bridgehead atoms. The van der Waals surface area contributed by atoms with Crippen LogP contribution in [0, 0.1) is 11.3 Å². The van der Waals surface area contributed by atoms with Gasteiger partial charge in [-0.05, 0) is 44.2 Å². The van der Waals surface area contributed by atoms with Crippen LogP contribution in [0.1, 0.15) is 37.9 Å². The minimum atomic E-state index is 0.0562. The Hall–Kier alpha value is -1.42. The van der Waals surface area contributed by atoms with Crippen LogP contribution in [-0.2, 0) is 6.54 Å². The lowest BCUT2D eigenvalue weighted by atomic mass is 10.1. The molecule has 0 saturated heterocycles. The van der Waals surface area contributed by atoms with Crippen LogP contribution < -0.4 is 5.73 Å². The summed E-state index contributed by atoms with van der Waals surface area (Å²) >= 11 is 0. The Kier molecular flexibility index (Phi) is 3.97. The van der Waals surface area contributed by atoms with Crippen LogP contribution in [0.2, 0.25) is 0 Å². The van der Waals surface area contributed by atoms with Gasteiger partial charge in [0.2, 0.25) is 0 Å². The number of amidine groups is 1. The van der Waals surface area contributed by atoms with Crippen molar-refractivity contribution in [2.75, 3.05) is 6.54 Å². The Labute approximate surface area is 109 Å². The predicted molar refractivity (Wildman–Crippen MR) is 73.5 cm³/mol. The zero-order chi connectivity index (χ0) is 13.1. The molecule has 0 atom stereocenters. The summed E-state index contributed by atoms with van der Waals surface area (Å²) in [5, 5.41) is 7.58. The zero-order valence-corrected chi connectivity index (χ0v) is 11.2. The van der Waals surface area contributed by atoms with E-state index < -0.39 is 0 Å². The van der Waals surface area contributed by atoms with Gasteiger partial charge in [0.05, 0.1) is 0 Å². The van der Waals surface area contributed by atoms with Crippen molar-refractivity contribution in [2.45, 2.75) is 39.3 Å². The summed E-state index contributed by atoms with van der Waals surface area (Å²) in [6.07, 6.45) is 4.41. The molecule has 0 aromatic carbocycles. The summed E-state index contributed by atoms with van der Waals surface area (Å²) in [5.74, 6) is 0.922. The maximum atomic E-state index is 7.58. The van der Waals surface area contributed by atoms with Crippen LogP contribution in [0.15, 0.2) is 18.3 Å². The van der Waals surface area contributed by atoms with E-state index in [-0.39, 0.29) is 5.84 Å². The Morgan fingerprint density at radius 2 is 2.28 bits per heavy atom. The average molecular weight is 246 g/mol. The van der Waals surface area contributed by atoms with Crippen LogP contribution in [0.3, 0.4) is 0 Å². The fourth-order valence-corrected chi connectivity index (χ4v) is 2.12. The van der Waals surface area contributed by atoms with Crippen molar-refractivity contribution in [3.05, 3.63) is 29.6 Å². The normalized spacial score (nSPS) is 15.3. The van der Waals surface area contributed by atoms with E-state index in [9.17, 15) is 0 Å². The van der Waals surface area contributed by atoms with Gasteiger partial charge in [0, 0.05) is 25.3 Å². The highest BCUT2D eigenvalue weighted by molar-refractivity contribution is 5.94. The minimum absolute atomic E-state index is 0.0562. The summed E-state index contributed by atoms with van der Waals surface area (Å²) in [4.78, 5) is 6.65. The molecule has 0 radical (unpaired) electrons. The fraction of sp³-hybridized carbons (Fsp3) is 0.571. The van der Waals surface area contributed by atoms with Crippen molar-refractivity contribution in [3.8, 4) is 0 Å². The molecule has 1 aromatic heterocycles. The van der Waals surface area contributed by atoms with E-state index in [1.807, 2.05) is 12.1 Å². The van der Waals surface area contributed by atoms with Gasteiger partial charge in [-0.15, -0.1) is 0 Å². The fourth-order valence-electron chi connectivity index (χ4n) is 2.12. The summed E-state index contributed by atoms with van der Waals surface area (Å²) in [6, 6.07) is 4.44. The molecule has 1 aromatic rings. The SMILES string of the molecule is CC(C)N(Cc1cccnc1C(=N)N)CC1CC1. The Bertz CT molecular complexity index is 424. The molecule has 1 saturated carbocycles. The smallest absolute Gasteiger partial charge is 0.142 e. The van der Waals surface area contributed by atoms with Crippen molar-refractivity contribution in [1.29, 1.82) is 5.41 Å². The third-order valence-electron chi connectivity index (χ3n) is 3.44. The number of pyridine rings is 1. The molecule has 2 rings (SSSR count). The first-order valence-corrected chi connectivity index (χ1v) is 6.60. The van der Waals surface area contributed by atoms with E-state index in [1.165, 1.54) is 12.8 Å². The lowest BCUT2D eigenvalue weighted by Crippen LogP contribution is -2.33. The number of hydrogen-bond donors (Lipinski definition) is 2. The van der Waals surface area contributed by atoms with Crippen molar-refractivity contribution in [3.63, 3.8) is 0 Å². The van der Waals surface area contributed by atoms with E-state index in [0.29, 0.717) is 11.7 Å². The molecule has 0 aliphatic heterocycles. The number of nitrogens with one attached hydrogen (secondary N) is 1. The van der Waals surface area contributed by atoms with Crippen molar-refractivity contribution >= 4 is 5.84 Å². The first kappa shape index (κ1) is 13.0. The number of hydrogen-bond acceptors (Lipinski definition) is 3. The Balaban J connectivity index is 2.12. The maximum Gasteiger partial charge on any atom is 0.142 e. The van der Waals surface area contributed by atoms with E-state index >= 15 is 0 Å². The highest BCUT2D eigenvalue weighted by Gasteiger charge is 2.26. The number of nitrogens with zero attached hydrogens (tertiary/aromatic N) is 2. The second kappa shape index (κ2) is 5.48. The van der Waals surface area contributed by atoms with Crippen LogP contribution in [0.5, 0.6) is 0 Å². The van der Waals surface area contributed by atoms with Crippen LogP contribution >= 0.6 is 0 Å². The summed E-state index contributed by atoms with van der Waals surface area (Å²) in [7, 11) is 0. The Morgan fingerprint density at radius 1 is 1.56 bits per heavy atom. The van der Waals surface area contributed by atoms with Crippen LogP contribution in [0.25, 0.3) is 0 Å². The first-order valence-electron chi connectivity index (χ1n) is 6.60. The lowest BCUT2D eigenvalue weighted by Gasteiger charge is -2.27. The largest absolute Gasteiger partial charge is 0.382 e. The van der Waals surface area contributed by atoms with Gasteiger partial charge < -0.3 is 5.73 Å². The number of nitrogens with two attached hydrogens (primary N) is 1. The lowest BCUT2D eigenvalue weighted by molar-refractivity contribution is 0.203. The molecule has 98 valence electrons. The van der Waals surface area contributed by atoms with E-state index in [1.54, 1.807) is 6.20 Å². The predicted octanol–water partition coefficient (Wildman–Crippen LogP) is 1.99. The third-order valence-corrected chi connectivity index (χ3v) is 3.44. The van der Waals surface area contributed by atoms with Gasteiger partial charge in [0.1, 0.15) is 11.5 Å². The first-order chi connectivity index (χ1) is 8.58. The quantitative estimate of drug-likeness (QED) is 0.596. The van der Waals surface area contributed by atoms with Gasteiger partial charge in [-0.2, -0.15) is 0 Å². The third kappa shape index (κ3) is 3.29. The maximum absolute atomic E-state index is 7.58. The van der Waals surface area contributed by atoms with Gasteiger partial charge in [-0.25, -0.2) is 0 Å². The molecule has 0 spiro atoms.